The van der Waals surface area contributed by atoms with Crippen molar-refractivity contribution >= 4 is 12.0 Å². The summed E-state index contributed by atoms with van der Waals surface area (Å²) in [7, 11) is 0. The summed E-state index contributed by atoms with van der Waals surface area (Å²) >= 11 is 0. The number of hydrogen-bond acceptors (Lipinski definition) is 8. The molecule has 0 bridgehead atoms. The first kappa shape index (κ1) is 30.3. The van der Waals surface area contributed by atoms with Crippen molar-refractivity contribution in [2.24, 2.45) is 5.73 Å². The van der Waals surface area contributed by atoms with E-state index in [9.17, 15) is 24.6 Å². The van der Waals surface area contributed by atoms with Crippen molar-refractivity contribution in [2.75, 3.05) is 26.2 Å². The lowest BCUT2D eigenvalue weighted by Gasteiger charge is -2.35. The van der Waals surface area contributed by atoms with Crippen LogP contribution in [0.2, 0.25) is 0 Å². The van der Waals surface area contributed by atoms with Crippen LogP contribution in [-0.4, -0.2) is 73.0 Å². The molecule has 0 aliphatic carbocycles. The van der Waals surface area contributed by atoms with Crippen molar-refractivity contribution in [3.8, 4) is 28.6 Å². The van der Waals surface area contributed by atoms with Crippen molar-refractivity contribution in [1.82, 2.24) is 24.6 Å². The molecule has 1 aliphatic heterocycles. The summed E-state index contributed by atoms with van der Waals surface area (Å²) in [4.78, 5) is 40.2. The molecule has 4 aromatic rings. The number of H-pyrrole nitrogens is 1. The summed E-state index contributed by atoms with van der Waals surface area (Å²) < 4.78 is 21.3. The predicted molar refractivity (Wildman–Crippen MR) is 159 cm³/mol. The van der Waals surface area contributed by atoms with Gasteiger partial charge in [0.25, 0.3) is 5.91 Å². The van der Waals surface area contributed by atoms with E-state index in [-0.39, 0.29) is 47.0 Å². The molecule has 3 aromatic carbocycles. The number of phenolic OH excluding ortho intramolecular Hbond substituents is 2. The number of carbonyl (C=O) groups excluding carboxylic acids is 2. The third-order valence-electron chi connectivity index (χ3n) is 7.61. The van der Waals surface area contributed by atoms with Gasteiger partial charge >= 0.3 is 11.8 Å². The van der Waals surface area contributed by atoms with Crippen LogP contribution in [0.5, 0.6) is 11.5 Å². The van der Waals surface area contributed by atoms with Gasteiger partial charge in [0.1, 0.15) is 23.9 Å². The fourth-order valence-corrected chi connectivity index (χ4v) is 5.19. The Bertz CT molecular complexity index is 1740. The van der Waals surface area contributed by atoms with Gasteiger partial charge in [-0.05, 0) is 47.4 Å². The lowest BCUT2D eigenvalue weighted by Crippen LogP contribution is -2.48. The summed E-state index contributed by atoms with van der Waals surface area (Å²) in [6.07, 6.45) is -0.867. The van der Waals surface area contributed by atoms with E-state index in [2.05, 4.69) is 10.2 Å². The molecule has 1 saturated heterocycles. The number of ether oxygens (including phenoxy) is 1. The number of aromatic nitrogens is 3. The molecule has 44 heavy (non-hydrogen) atoms. The number of piperazine rings is 1. The minimum absolute atomic E-state index is 0.0289. The molecule has 1 fully saturated rings. The molecule has 5 N–H and O–H groups in total. The Morgan fingerprint density at radius 1 is 1.02 bits per heavy atom. The van der Waals surface area contributed by atoms with E-state index in [4.69, 9.17) is 10.5 Å². The number of nitrogens with one attached hydrogen (secondary N) is 1. The van der Waals surface area contributed by atoms with Gasteiger partial charge in [0.05, 0.1) is 11.3 Å². The third kappa shape index (κ3) is 6.42. The van der Waals surface area contributed by atoms with Crippen LogP contribution < -0.4 is 11.4 Å². The highest BCUT2D eigenvalue weighted by atomic mass is 19.1. The molecule has 12 nitrogen and oxygen atoms in total. The molecule has 1 aliphatic rings. The maximum atomic E-state index is 15.4. The van der Waals surface area contributed by atoms with Crippen LogP contribution in [0.25, 0.3) is 17.1 Å². The van der Waals surface area contributed by atoms with Gasteiger partial charge in [0.15, 0.2) is 5.82 Å². The standard InChI is InChI=1S/C31H33FN6O6/c1-18(2)23-14-24(27(40)15-26(23)39)28-34-35-31(43)38(28)22-8-7-21(25(32)13-22)16-36-9-11-37(12-10-36)29(41)20-5-3-19(4-6-20)17-44-30(33)42/h3-8,13-15,18,39-40H,9-12,16-17H2,1-2H3,(H2,33,42)(H,35,43). The molecule has 0 unspecified atom stereocenters. The zero-order chi connectivity index (χ0) is 31.5. The van der Waals surface area contributed by atoms with Crippen LogP contribution in [0.3, 0.4) is 0 Å². The van der Waals surface area contributed by atoms with E-state index in [1.807, 2.05) is 18.7 Å². The molecule has 1 aromatic heterocycles. The summed E-state index contributed by atoms with van der Waals surface area (Å²) in [6.45, 7) is 6.12. The number of hydrogen-bond donors (Lipinski definition) is 4. The monoisotopic (exact) mass is 604 g/mol. The van der Waals surface area contributed by atoms with E-state index in [0.717, 1.165) is 0 Å². The minimum atomic E-state index is -0.867. The fraction of sp³-hybridized carbons (Fsp3) is 0.290. The number of benzene rings is 3. The van der Waals surface area contributed by atoms with Crippen LogP contribution in [-0.2, 0) is 17.9 Å². The van der Waals surface area contributed by atoms with E-state index < -0.39 is 17.6 Å². The summed E-state index contributed by atoms with van der Waals surface area (Å²) in [5.41, 5.74) is 7.03. The van der Waals surface area contributed by atoms with E-state index in [0.29, 0.717) is 55.0 Å². The second-order valence-electron chi connectivity index (χ2n) is 10.9. The maximum absolute atomic E-state index is 15.4. The van der Waals surface area contributed by atoms with E-state index >= 15 is 4.39 Å². The van der Waals surface area contributed by atoms with Crippen molar-refractivity contribution < 1.29 is 28.9 Å². The number of nitrogens with two attached hydrogens (primary N) is 1. The number of aromatic hydroxyl groups is 2. The van der Waals surface area contributed by atoms with Gasteiger partial charge in [0.2, 0.25) is 0 Å². The summed E-state index contributed by atoms with van der Waals surface area (Å²) in [5.74, 6) is -0.964. The number of amides is 2. The number of nitrogens with zero attached hydrogens (tertiary/aromatic N) is 4. The first-order valence-electron chi connectivity index (χ1n) is 14.1. The Kier molecular flexibility index (Phi) is 8.67. The van der Waals surface area contributed by atoms with Gasteiger partial charge in [-0.2, -0.15) is 5.10 Å². The van der Waals surface area contributed by atoms with Gasteiger partial charge in [-0.25, -0.2) is 23.6 Å². The van der Waals surface area contributed by atoms with Crippen molar-refractivity contribution in [3.05, 3.63) is 93.2 Å². The zero-order valence-electron chi connectivity index (χ0n) is 24.3. The molecule has 2 heterocycles. The van der Waals surface area contributed by atoms with Crippen LogP contribution in [0.4, 0.5) is 9.18 Å². The molecule has 13 heteroatoms. The Morgan fingerprint density at radius 3 is 2.36 bits per heavy atom. The zero-order valence-corrected chi connectivity index (χ0v) is 24.3. The number of halogens is 1. The summed E-state index contributed by atoms with van der Waals surface area (Å²) in [6, 6.07) is 14.0. The molecule has 0 spiro atoms. The predicted octanol–water partition coefficient (Wildman–Crippen LogP) is 3.45. The second kappa shape index (κ2) is 12.6. The Morgan fingerprint density at radius 2 is 1.73 bits per heavy atom. The smallest absolute Gasteiger partial charge is 0.404 e. The molecule has 0 radical (unpaired) electrons. The van der Waals surface area contributed by atoms with Crippen LogP contribution >= 0.6 is 0 Å². The van der Waals surface area contributed by atoms with Gasteiger partial charge < -0.3 is 25.6 Å². The molecule has 2 amide bonds. The quantitative estimate of drug-likeness (QED) is 0.237. The van der Waals surface area contributed by atoms with Crippen LogP contribution in [0.1, 0.15) is 46.8 Å². The SMILES string of the molecule is CC(C)c1cc(-c2n[nH]c(=O)n2-c2ccc(CN3CCN(C(=O)c4ccc(COC(N)=O)cc4)CC3)c(F)c2)c(O)cc1O. The van der Waals surface area contributed by atoms with Crippen LogP contribution in [0.15, 0.2) is 59.4 Å². The second-order valence-corrected chi connectivity index (χ2v) is 10.9. The highest BCUT2D eigenvalue weighted by molar-refractivity contribution is 5.94. The topological polar surface area (TPSA) is 167 Å². The molecule has 5 rings (SSSR count). The highest BCUT2D eigenvalue weighted by Gasteiger charge is 2.24. The number of primary amides is 1. The van der Waals surface area contributed by atoms with Gasteiger partial charge in [-0.1, -0.05) is 32.0 Å². The minimum Gasteiger partial charge on any atom is -0.508 e. The molecule has 230 valence electrons. The van der Waals surface area contributed by atoms with Gasteiger partial charge in [0, 0.05) is 49.9 Å². The Labute approximate surface area is 252 Å². The number of rotatable bonds is 8. The van der Waals surface area contributed by atoms with Crippen molar-refractivity contribution in [2.45, 2.75) is 32.9 Å². The molecular formula is C31H33FN6O6. The van der Waals surface area contributed by atoms with E-state index in [1.165, 1.54) is 16.7 Å². The Hall–Kier alpha value is -5.17. The van der Waals surface area contributed by atoms with Gasteiger partial charge in [-0.3, -0.25) is 9.69 Å². The average molecular weight is 605 g/mol. The molecule has 0 saturated carbocycles. The largest absolute Gasteiger partial charge is 0.508 e. The number of phenols is 2. The van der Waals surface area contributed by atoms with Crippen LogP contribution in [0, 0.1) is 5.82 Å². The number of carbonyl (C=O) groups is 2. The van der Waals surface area contributed by atoms with Crippen molar-refractivity contribution in [1.29, 1.82) is 0 Å². The third-order valence-corrected chi connectivity index (χ3v) is 7.61. The normalized spacial score (nSPS) is 13.8. The molecular weight excluding hydrogens is 571 g/mol. The lowest BCUT2D eigenvalue weighted by atomic mass is 9.98. The van der Waals surface area contributed by atoms with Crippen molar-refractivity contribution in [3.63, 3.8) is 0 Å². The summed E-state index contributed by atoms with van der Waals surface area (Å²) in [5, 5.41) is 27.2. The molecule has 0 atom stereocenters. The van der Waals surface area contributed by atoms with Gasteiger partial charge in [-0.15, -0.1) is 0 Å². The fourth-order valence-electron chi connectivity index (χ4n) is 5.19. The lowest BCUT2D eigenvalue weighted by molar-refractivity contribution is 0.0627. The first-order chi connectivity index (χ1) is 21.0. The number of aromatic amines is 1. The first-order valence-corrected chi connectivity index (χ1v) is 14.1. The highest BCUT2D eigenvalue weighted by Crippen LogP contribution is 2.37. The van der Waals surface area contributed by atoms with E-state index in [1.54, 1.807) is 47.4 Å². The average Bonchev–Trinajstić information content (AvgIpc) is 3.38. The maximum Gasteiger partial charge on any atom is 0.404 e. The Balaban J connectivity index is 1.25.